The normalized spacial score (nSPS) is 11.5. The van der Waals surface area contributed by atoms with Crippen molar-refractivity contribution < 1.29 is 0 Å². The van der Waals surface area contributed by atoms with Crippen molar-refractivity contribution in [1.29, 1.82) is 0 Å². The molecule has 96 valence electrons. The van der Waals surface area contributed by atoms with Gasteiger partial charge in [-0.05, 0) is 31.0 Å². The fourth-order valence-electron chi connectivity index (χ4n) is 2.10. The molecular weight excluding hydrogens is 228 g/mol. The van der Waals surface area contributed by atoms with E-state index in [9.17, 15) is 0 Å². The Morgan fingerprint density at radius 1 is 0.947 bits per heavy atom. The van der Waals surface area contributed by atoms with E-state index in [2.05, 4.69) is 62.1 Å². The van der Waals surface area contributed by atoms with Gasteiger partial charge in [-0.15, -0.1) is 0 Å². The Morgan fingerprint density at radius 2 is 1.63 bits per heavy atom. The lowest BCUT2D eigenvalue weighted by molar-refractivity contribution is 0.734. The second kappa shape index (κ2) is 6.81. The van der Waals surface area contributed by atoms with Gasteiger partial charge in [0, 0.05) is 11.5 Å². The third-order valence-corrected chi connectivity index (χ3v) is 3.22. The van der Waals surface area contributed by atoms with E-state index in [1.54, 1.807) is 0 Å². The molecule has 2 aromatic carbocycles. The van der Waals surface area contributed by atoms with Crippen LogP contribution in [0.5, 0.6) is 0 Å². The number of aryl methyl sites for hydroxylation is 1. The summed E-state index contributed by atoms with van der Waals surface area (Å²) >= 11 is 0. The molecule has 0 amide bonds. The Balaban J connectivity index is 2.21. The van der Waals surface area contributed by atoms with Gasteiger partial charge in [0.15, 0.2) is 0 Å². The Bertz CT molecular complexity index is 552. The van der Waals surface area contributed by atoms with Crippen molar-refractivity contribution >= 4 is 0 Å². The van der Waals surface area contributed by atoms with E-state index in [1.807, 2.05) is 18.2 Å². The first-order valence-electron chi connectivity index (χ1n) is 6.92. The van der Waals surface area contributed by atoms with Gasteiger partial charge >= 0.3 is 0 Å². The van der Waals surface area contributed by atoms with Crippen LogP contribution in [0.3, 0.4) is 0 Å². The maximum Gasteiger partial charge on any atom is 0.0455 e. The molecule has 0 nitrogen and oxygen atoms in total. The summed E-state index contributed by atoms with van der Waals surface area (Å²) in [6, 6.07) is 19.0. The van der Waals surface area contributed by atoms with Crippen LogP contribution >= 0.6 is 0 Å². The topological polar surface area (TPSA) is 0 Å². The van der Waals surface area contributed by atoms with Crippen LogP contribution in [-0.2, 0) is 0 Å². The van der Waals surface area contributed by atoms with Crippen LogP contribution in [0.25, 0.3) is 0 Å². The van der Waals surface area contributed by atoms with Gasteiger partial charge in [-0.25, -0.2) is 0 Å². The number of benzene rings is 2. The minimum atomic E-state index is 0.339. The molecule has 0 aliphatic rings. The van der Waals surface area contributed by atoms with Crippen LogP contribution in [0.4, 0.5) is 0 Å². The number of hydrogen-bond donors (Lipinski definition) is 0. The third kappa shape index (κ3) is 4.00. The fraction of sp³-hybridized carbons (Fsp3) is 0.263. The molecular formula is C19H20. The zero-order chi connectivity index (χ0) is 13.5. The predicted octanol–water partition coefficient (Wildman–Crippen LogP) is 4.93. The average molecular weight is 248 g/mol. The molecule has 2 aromatic rings. The van der Waals surface area contributed by atoms with Gasteiger partial charge < -0.3 is 0 Å². The van der Waals surface area contributed by atoms with Crippen LogP contribution in [0.15, 0.2) is 54.6 Å². The van der Waals surface area contributed by atoms with Crippen molar-refractivity contribution in [3.8, 4) is 11.8 Å². The van der Waals surface area contributed by atoms with E-state index < -0.39 is 0 Å². The SMILES string of the molecule is CCCC(C#Cc1ccccc1)c1ccc(C)cc1. The fourth-order valence-corrected chi connectivity index (χ4v) is 2.10. The molecule has 0 N–H and O–H groups in total. The van der Waals surface area contributed by atoms with Crippen LogP contribution in [0, 0.1) is 18.8 Å². The first-order valence-corrected chi connectivity index (χ1v) is 6.92. The van der Waals surface area contributed by atoms with E-state index in [-0.39, 0.29) is 0 Å². The molecule has 0 radical (unpaired) electrons. The molecule has 0 heteroatoms. The zero-order valence-electron chi connectivity index (χ0n) is 11.7. The molecule has 0 spiro atoms. The Hall–Kier alpha value is -2.00. The van der Waals surface area contributed by atoms with Gasteiger partial charge in [0.25, 0.3) is 0 Å². The van der Waals surface area contributed by atoms with Gasteiger partial charge in [-0.3, -0.25) is 0 Å². The summed E-state index contributed by atoms with van der Waals surface area (Å²) in [5.74, 6) is 7.05. The van der Waals surface area contributed by atoms with Gasteiger partial charge in [0.2, 0.25) is 0 Å². The molecule has 0 saturated carbocycles. The average Bonchev–Trinajstić information content (AvgIpc) is 2.46. The van der Waals surface area contributed by atoms with Crippen molar-refractivity contribution in [3.05, 3.63) is 71.3 Å². The van der Waals surface area contributed by atoms with E-state index >= 15 is 0 Å². The molecule has 0 bridgehead atoms. The Morgan fingerprint density at radius 3 is 2.26 bits per heavy atom. The molecule has 1 unspecified atom stereocenters. The summed E-state index contributed by atoms with van der Waals surface area (Å²) in [5.41, 5.74) is 3.72. The van der Waals surface area contributed by atoms with Crippen LogP contribution in [0.2, 0.25) is 0 Å². The van der Waals surface area contributed by atoms with E-state index in [4.69, 9.17) is 0 Å². The summed E-state index contributed by atoms with van der Waals surface area (Å²) in [6.07, 6.45) is 2.27. The minimum absolute atomic E-state index is 0.339. The lowest BCUT2D eigenvalue weighted by Crippen LogP contribution is -1.95. The summed E-state index contributed by atoms with van der Waals surface area (Å²) in [4.78, 5) is 0. The summed E-state index contributed by atoms with van der Waals surface area (Å²) in [5, 5.41) is 0. The molecule has 1 atom stereocenters. The van der Waals surface area contributed by atoms with E-state index in [1.165, 1.54) is 11.1 Å². The quantitative estimate of drug-likeness (QED) is 0.676. The van der Waals surface area contributed by atoms with Gasteiger partial charge in [0.1, 0.15) is 0 Å². The standard InChI is InChI=1S/C19H20/c1-3-7-18(19-13-10-16(2)11-14-19)15-12-17-8-5-4-6-9-17/h4-6,8-11,13-14,18H,3,7H2,1-2H3. The lowest BCUT2D eigenvalue weighted by atomic mass is 9.94. The molecule has 0 aromatic heterocycles. The number of hydrogen-bond acceptors (Lipinski definition) is 0. The maximum absolute atomic E-state index is 3.42. The second-order valence-electron chi connectivity index (χ2n) is 4.89. The molecule has 19 heavy (non-hydrogen) atoms. The number of rotatable bonds is 3. The van der Waals surface area contributed by atoms with Crippen LogP contribution < -0.4 is 0 Å². The smallest absolute Gasteiger partial charge is 0.0455 e. The molecule has 0 heterocycles. The van der Waals surface area contributed by atoms with Crippen molar-refractivity contribution in [2.45, 2.75) is 32.6 Å². The van der Waals surface area contributed by atoms with Crippen LogP contribution in [0.1, 0.15) is 42.4 Å². The predicted molar refractivity (Wildman–Crippen MR) is 82.1 cm³/mol. The molecule has 0 aliphatic heterocycles. The molecule has 2 rings (SSSR count). The molecule has 0 aliphatic carbocycles. The van der Waals surface area contributed by atoms with Gasteiger partial charge in [0.05, 0.1) is 0 Å². The van der Waals surface area contributed by atoms with Crippen molar-refractivity contribution in [2.75, 3.05) is 0 Å². The van der Waals surface area contributed by atoms with E-state index in [0.29, 0.717) is 5.92 Å². The van der Waals surface area contributed by atoms with Gasteiger partial charge in [-0.2, -0.15) is 0 Å². The highest BCUT2D eigenvalue weighted by molar-refractivity contribution is 5.38. The highest BCUT2D eigenvalue weighted by Crippen LogP contribution is 2.21. The third-order valence-electron chi connectivity index (χ3n) is 3.22. The summed E-state index contributed by atoms with van der Waals surface area (Å²) < 4.78 is 0. The molecule has 0 fully saturated rings. The molecule has 0 saturated heterocycles. The zero-order valence-corrected chi connectivity index (χ0v) is 11.7. The van der Waals surface area contributed by atoms with Crippen molar-refractivity contribution in [3.63, 3.8) is 0 Å². The van der Waals surface area contributed by atoms with Gasteiger partial charge in [-0.1, -0.05) is 73.2 Å². The first-order chi connectivity index (χ1) is 9.29. The first kappa shape index (κ1) is 13.4. The minimum Gasteiger partial charge on any atom is -0.0897 e. The van der Waals surface area contributed by atoms with E-state index in [0.717, 1.165) is 18.4 Å². The van der Waals surface area contributed by atoms with Crippen molar-refractivity contribution in [1.82, 2.24) is 0 Å². The Kier molecular flexibility index (Phi) is 4.81. The highest BCUT2D eigenvalue weighted by atomic mass is 14.1. The summed E-state index contributed by atoms with van der Waals surface area (Å²) in [6.45, 7) is 4.33. The maximum atomic E-state index is 3.42. The summed E-state index contributed by atoms with van der Waals surface area (Å²) in [7, 11) is 0. The monoisotopic (exact) mass is 248 g/mol. The largest absolute Gasteiger partial charge is 0.0897 e. The Labute approximate surface area is 116 Å². The van der Waals surface area contributed by atoms with Crippen LogP contribution in [-0.4, -0.2) is 0 Å². The second-order valence-corrected chi connectivity index (χ2v) is 4.89. The highest BCUT2D eigenvalue weighted by Gasteiger charge is 2.06. The lowest BCUT2D eigenvalue weighted by Gasteiger charge is -2.10. The van der Waals surface area contributed by atoms with Crippen molar-refractivity contribution in [2.24, 2.45) is 0 Å².